The van der Waals surface area contributed by atoms with Crippen LogP contribution in [0.5, 0.6) is 0 Å². The predicted octanol–water partition coefficient (Wildman–Crippen LogP) is 2.95. The van der Waals surface area contributed by atoms with E-state index in [4.69, 9.17) is 0 Å². The van der Waals surface area contributed by atoms with E-state index in [0.29, 0.717) is 12.1 Å². The molecule has 0 radical (unpaired) electrons. The van der Waals surface area contributed by atoms with Gasteiger partial charge in [0, 0.05) is 5.56 Å². The van der Waals surface area contributed by atoms with Crippen molar-refractivity contribution in [3.8, 4) is 0 Å². The molecule has 0 bridgehead atoms. The van der Waals surface area contributed by atoms with E-state index >= 15 is 0 Å². The van der Waals surface area contributed by atoms with Gasteiger partial charge in [0.2, 0.25) is 0 Å². The molecule has 3 heteroatoms. The Balaban J connectivity index is 1.89. The summed E-state index contributed by atoms with van der Waals surface area (Å²) in [6.07, 6.45) is 1.48. The van der Waals surface area contributed by atoms with Crippen LogP contribution >= 0.6 is 0 Å². The summed E-state index contributed by atoms with van der Waals surface area (Å²) in [6, 6.07) is 16.5. The molecule has 2 rings (SSSR count). The van der Waals surface area contributed by atoms with Crippen LogP contribution in [-0.2, 0) is 6.54 Å². The monoisotopic (exact) mass is 228 g/mol. The van der Waals surface area contributed by atoms with Crippen LogP contribution in [0.15, 0.2) is 59.7 Å². The first-order valence-corrected chi connectivity index (χ1v) is 5.40. The van der Waals surface area contributed by atoms with Crippen molar-refractivity contribution in [2.75, 3.05) is 0 Å². The number of rotatable bonds is 4. The number of hydrazone groups is 1. The summed E-state index contributed by atoms with van der Waals surface area (Å²) in [6.45, 7) is 0.631. The lowest BCUT2D eigenvalue weighted by atomic mass is 10.2. The summed E-state index contributed by atoms with van der Waals surface area (Å²) in [5.41, 5.74) is 4.50. The highest BCUT2D eigenvalue weighted by molar-refractivity contribution is 5.79. The molecule has 0 saturated carbocycles. The van der Waals surface area contributed by atoms with Gasteiger partial charge >= 0.3 is 0 Å². The molecule has 0 aliphatic carbocycles. The molecule has 0 amide bonds. The Morgan fingerprint density at radius 3 is 2.47 bits per heavy atom. The Morgan fingerprint density at radius 2 is 1.71 bits per heavy atom. The highest BCUT2D eigenvalue weighted by atomic mass is 19.1. The van der Waals surface area contributed by atoms with Gasteiger partial charge in [-0.15, -0.1) is 0 Å². The lowest BCUT2D eigenvalue weighted by Gasteiger charge is -2.00. The van der Waals surface area contributed by atoms with Crippen LogP contribution in [-0.4, -0.2) is 6.21 Å². The number of nitrogens with zero attached hydrogens (tertiary/aromatic N) is 1. The second-order valence-corrected chi connectivity index (χ2v) is 3.60. The first-order valence-electron chi connectivity index (χ1n) is 5.40. The van der Waals surface area contributed by atoms with Gasteiger partial charge in [0.25, 0.3) is 0 Å². The summed E-state index contributed by atoms with van der Waals surface area (Å²) < 4.78 is 13.2. The number of hydrogen-bond acceptors (Lipinski definition) is 2. The zero-order valence-electron chi connectivity index (χ0n) is 9.31. The molecule has 2 aromatic rings. The Kier molecular flexibility index (Phi) is 3.86. The van der Waals surface area contributed by atoms with Gasteiger partial charge in [-0.2, -0.15) is 5.10 Å². The minimum absolute atomic E-state index is 0.266. The Labute approximate surface area is 99.8 Å². The number of halogens is 1. The fourth-order valence-corrected chi connectivity index (χ4v) is 1.43. The third-order valence-corrected chi connectivity index (χ3v) is 2.33. The zero-order chi connectivity index (χ0) is 11.9. The highest BCUT2D eigenvalue weighted by Gasteiger charge is 1.95. The van der Waals surface area contributed by atoms with Gasteiger partial charge in [0.1, 0.15) is 5.82 Å². The normalized spacial score (nSPS) is 10.6. The molecule has 0 fully saturated rings. The molecule has 0 aliphatic heterocycles. The summed E-state index contributed by atoms with van der Waals surface area (Å²) in [4.78, 5) is 0. The molecule has 86 valence electrons. The minimum Gasteiger partial charge on any atom is -0.306 e. The van der Waals surface area contributed by atoms with Crippen LogP contribution in [0.1, 0.15) is 11.1 Å². The highest BCUT2D eigenvalue weighted by Crippen LogP contribution is 2.02. The maximum absolute atomic E-state index is 13.2. The van der Waals surface area contributed by atoms with Crippen molar-refractivity contribution in [3.63, 3.8) is 0 Å². The molecule has 0 unspecified atom stereocenters. The Bertz CT molecular complexity index is 495. The summed E-state index contributed by atoms with van der Waals surface area (Å²) >= 11 is 0. The van der Waals surface area contributed by atoms with Crippen LogP contribution < -0.4 is 5.43 Å². The number of benzene rings is 2. The van der Waals surface area contributed by atoms with Gasteiger partial charge in [-0.05, 0) is 11.6 Å². The minimum atomic E-state index is -0.266. The van der Waals surface area contributed by atoms with E-state index in [2.05, 4.69) is 10.5 Å². The van der Waals surface area contributed by atoms with Gasteiger partial charge < -0.3 is 5.43 Å². The summed E-state index contributed by atoms with van der Waals surface area (Å²) in [5, 5.41) is 3.98. The lowest BCUT2D eigenvalue weighted by Crippen LogP contribution is -2.05. The molecule has 1 N–H and O–H groups in total. The van der Waals surface area contributed by atoms with Crippen molar-refractivity contribution in [2.24, 2.45) is 5.10 Å². The van der Waals surface area contributed by atoms with Crippen LogP contribution in [0, 0.1) is 5.82 Å². The molecule has 0 aromatic heterocycles. The molecule has 2 nitrogen and oxygen atoms in total. The van der Waals surface area contributed by atoms with E-state index in [9.17, 15) is 4.39 Å². The van der Waals surface area contributed by atoms with E-state index in [1.54, 1.807) is 18.2 Å². The Morgan fingerprint density at radius 1 is 1.00 bits per heavy atom. The van der Waals surface area contributed by atoms with Crippen molar-refractivity contribution in [1.29, 1.82) is 0 Å². The van der Waals surface area contributed by atoms with Crippen molar-refractivity contribution < 1.29 is 4.39 Å². The molecule has 2 aromatic carbocycles. The molecule has 0 atom stereocenters. The first kappa shape index (κ1) is 11.3. The van der Waals surface area contributed by atoms with E-state index in [1.165, 1.54) is 12.3 Å². The molecule has 0 spiro atoms. The molecular formula is C14H13FN2. The third-order valence-electron chi connectivity index (χ3n) is 2.33. The quantitative estimate of drug-likeness (QED) is 0.631. The van der Waals surface area contributed by atoms with E-state index in [0.717, 1.165) is 5.56 Å². The van der Waals surface area contributed by atoms with Gasteiger partial charge in [0.05, 0.1) is 12.8 Å². The SMILES string of the molecule is Fc1ccccc1C=NNCc1ccccc1. The van der Waals surface area contributed by atoms with E-state index in [-0.39, 0.29) is 5.82 Å². The van der Waals surface area contributed by atoms with E-state index < -0.39 is 0 Å². The number of nitrogens with one attached hydrogen (secondary N) is 1. The van der Waals surface area contributed by atoms with Crippen LogP contribution in [0.3, 0.4) is 0 Å². The van der Waals surface area contributed by atoms with Crippen molar-refractivity contribution in [2.45, 2.75) is 6.54 Å². The lowest BCUT2D eigenvalue weighted by molar-refractivity contribution is 0.625. The van der Waals surface area contributed by atoms with Crippen LogP contribution in [0.4, 0.5) is 4.39 Å². The van der Waals surface area contributed by atoms with Crippen molar-refractivity contribution >= 4 is 6.21 Å². The standard InChI is InChI=1S/C14H13FN2/c15-14-9-5-4-8-13(14)11-17-16-10-12-6-2-1-3-7-12/h1-9,11,16H,10H2. The van der Waals surface area contributed by atoms with Crippen molar-refractivity contribution in [1.82, 2.24) is 5.43 Å². The second kappa shape index (κ2) is 5.80. The first-order chi connectivity index (χ1) is 8.36. The van der Waals surface area contributed by atoms with Gasteiger partial charge in [-0.1, -0.05) is 48.5 Å². The average molecular weight is 228 g/mol. The number of hydrogen-bond donors (Lipinski definition) is 1. The summed E-state index contributed by atoms with van der Waals surface area (Å²) in [7, 11) is 0. The molecule has 0 aliphatic rings. The van der Waals surface area contributed by atoms with Crippen molar-refractivity contribution in [3.05, 3.63) is 71.5 Å². The fourth-order valence-electron chi connectivity index (χ4n) is 1.43. The molecule has 0 heterocycles. The molecule has 0 saturated heterocycles. The van der Waals surface area contributed by atoms with Gasteiger partial charge in [-0.25, -0.2) is 4.39 Å². The zero-order valence-corrected chi connectivity index (χ0v) is 9.31. The van der Waals surface area contributed by atoms with E-state index in [1.807, 2.05) is 30.3 Å². The Hall–Kier alpha value is -2.16. The smallest absolute Gasteiger partial charge is 0.132 e. The maximum Gasteiger partial charge on any atom is 0.132 e. The third kappa shape index (κ3) is 3.41. The average Bonchev–Trinajstić information content (AvgIpc) is 2.38. The molecular weight excluding hydrogens is 215 g/mol. The van der Waals surface area contributed by atoms with Gasteiger partial charge in [0.15, 0.2) is 0 Å². The van der Waals surface area contributed by atoms with Crippen LogP contribution in [0.25, 0.3) is 0 Å². The molecule has 17 heavy (non-hydrogen) atoms. The second-order valence-electron chi connectivity index (χ2n) is 3.60. The topological polar surface area (TPSA) is 24.4 Å². The van der Waals surface area contributed by atoms with Crippen LogP contribution in [0.2, 0.25) is 0 Å². The summed E-state index contributed by atoms with van der Waals surface area (Å²) in [5.74, 6) is -0.266. The largest absolute Gasteiger partial charge is 0.306 e. The van der Waals surface area contributed by atoms with Gasteiger partial charge in [-0.3, -0.25) is 0 Å². The fraction of sp³-hybridized carbons (Fsp3) is 0.0714. The maximum atomic E-state index is 13.2. The predicted molar refractivity (Wildman–Crippen MR) is 67.3 cm³/mol.